The molecule has 2 atom stereocenters. The molecule has 4 N–H and O–H groups in total. The SMILES string of the molecule is [N-]=[N+]=NCCC(O)C(O)c1ccc2cc(C(=O)O)[nH]c2c1. The van der Waals surface area contributed by atoms with Gasteiger partial charge in [0.1, 0.15) is 11.8 Å². The lowest BCUT2D eigenvalue weighted by atomic mass is 10.0. The van der Waals surface area contributed by atoms with E-state index < -0.39 is 18.2 Å². The topological polar surface area (TPSA) is 142 Å². The second kappa shape index (κ2) is 6.27. The van der Waals surface area contributed by atoms with Gasteiger partial charge in [-0.3, -0.25) is 0 Å². The molecule has 2 aromatic rings. The zero-order chi connectivity index (χ0) is 15.4. The number of aromatic nitrogens is 1. The van der Waals surface area contributed by atoms with E-state index >= 15 is 0 Å². The van der Waals surface area contributed by atoms with Gasteiger partial charge in [0.25, 0.3) is 0 Å². The van der Waals surface area contributed by atoms with Crippen LogP contribution in [0, 0.1) is 0 Å². The third kappa shape index (κ3) is 3.32. The third-order valence-electron chi connectivity index (χ3n) is 3.17. The number of azide groups is 1. The molecule has 110 valence electrons. The van der Waals surface area contributed by atoms with Crippen LogP contribution in [0.3, 0.4) is 0 Å². The third-order valence-corrected chi connectivity index (χ3v) is 3.17. The highest BCUT2D eigenvalue weighted by Crippen LogP contribution is 2.24. The van der Waals surface area contributed by atoms with Crippen LogP contribution in [0.5, 0.6) is 0 Å². The second-order valence-corrected chi connectivity index (χ2v) is 4.59. The number of rotatable bonds is 6. The average molecular weight is 290 g/mol. The molecule has 0 amide bonds. The van der Waals surface area contributed by atoms with Gasteiger partial charge in [0.05, 0.1) is 6.10 Å². The lowest BCUT2D eigenvalue weighted by molar-refractivity contribution is 0.0151. The second-order valence-electron chi connectivity index (χ2n) is 4.59. The van der Waals surface area contributed by atoms with Gasteiger partial charge in [-0.25, -0.2) is 4.79 Å². The number of nitrogens with one attached hydrogen (secondary N) is 1. The summed E-state index contributed by atoms with van der Waals surface area (Å²) in [5, 5.41) is 32.8. The summed E-state index contributed by atoms with van der Waals surface area (Å²) < 4.78 is 0. The minimum absolute atomic E-state index is 0.0561. The van der Waals surface area contributed by atoms with Crippen LogP contribution in [0.2, 0.25) is 0 Å². The van der Waals surface area contributed by atoms with Crippen molar-refractivity contribution in [3.63, 3.8) is 0 Å². The van der Waals surface area contributed by atoms with Crippen LogP contribution in [0.1, 0.15) is 28.6 Å². The normalized spacial score (nSPS) is 13.6. The fourth-order valence-electron chi connectivity index (χ4n) is 2.06. The summed E-state index contributed by atoms with van der Waals surface area (Å²) in [5.74, 6) is -1.07. The van der Waals surface area contributed by atoms with E-state index in [-0.39, 0.29) is 18.7 Å². The number of H-pyrrole nitrogens is 1. The van der Waals surface area contributed by atoms with Crippen molar-refractivity contribution < 1.29 is 20.1 Å². The molecular weight excluding hydrogens is 276 g/mol. The number of fused-ring (bicyclic) bond motifs is 1. The van der Waals surface area contributed by atoms with Crippen LogP contribution in [0.4, 0.5) is 0 Å². The predicted molar refractivity (Wildman–Crippen MR) is 74.9 cm³/mol. The molecule has 0 spiro atoms. The molecule has 2 rings (SSSR count). The van der Waals surface area contributed by atoms with E-state index in [1.807, 2.05) is 0 Å². The highest BCUT2D eigenvalue weighted by molar-refractivity contribution is 5.93. The van der Waals surface area contributed by atoms with Crippen molar-refractivity contribution >= 4 is 16.9 Å². The van der Waals surface area contributed by atoms with Crippen molar-refractivity contribution in [1.29, 1.82) is 0 Å². The molecule has 8 heteroatoms. The Bertz CT molecular complexity index is 705. The Morgan fingerprint density at radius 1 is 1.38 bits per heavy atom. The number of hydrogen-bond donors (Lipinski definition) is 4. The number of hydrogen-bond acceptors (Lipinski definition) is 4. The Morgan fingerprint density at radius 2 is 2.14 bits per heavy atom. The van der Waals surface area contributed by atoms with Gasteiger partial charge in [-0.1, -0.05) is 17.2 Å². The Labute approximate surface area is 119 Å². The Hall–Kier alpha value is -2.54. The van der Waals surface area contributed by atoms with Crippen LogP contribution in [-0.2, 0) is 0 Å². The minimum Gasteiger partial charge on any atom is -0.477 e. The van der Waals surface area contributed by atoms with Gasteiger partial charge < -0.3 is 20.3 Å². The number of carboxylic acid groups (broad SMARTS) is 1. The first-order chi connectivity index (χ1) is 10.0. The van der Waals surface area contributed by atoms with Crippen LogP contribution >= 0.6 is 0 Å². The maximum atomic E-state index is 10.9. The minimum atomic E-state index is -1.14. The van der Waals surface area contributed by atoms with Gasteiger partial charge in [0.2, 0.25) is 0 Å². The lowest BCUT2D eigenvalue weighted by Crippen LogP contribution is -2.19. The fourth-order valence-corrected chi connectivity index (χ4v) is 2.06. The molecule has 1 aromatic heterocycles. The van der Waals surface area contributed by atoms with E-state index in [1.165, 1.54) is 6.07 Å². The average Bonchev–Trinajstić information content (AvgIpc) is 2.89. The summed E-state index contributed by atoms with van der Waals surface area (Å²) in [5.41, 5.74) is 9.23. The number of aliphatic hydroxyl groups is 2. The van der Waals surface area contributed by atoms with Crippen molar-refractivity contribution in [2.45, 2.75) is 18.6 Å². The van der Waals surface area contributed by atoms with Crippen molar-refractivity contribution in [2.75, 3.05) is 6.54 Å². The summed E-state index contributed by atoms with van der Waals surface area (Å²) in [6.07, 6.45) is -2.07. The summed E-state index contributed by atoms with van der Waals surface area (Å²) in [6, 6.07) is 6.36. The summed E-state index contributed by atoms with van der Waals surface area (Å²) in [7, 11) is 0. The van der Waals surface area contributed by atoms with Gasteiger partial charge >= 0.3 is 5.97 Å². The Balaban J connectivity index is 2.21. The molecule has 0 aliphatic carbocycles. The van der Waals surface area contributed by atoms with E-state index in [4.69, 9.17) is 10.6 Å². The lowest BCUT2D eigenvalue weighted by Gasteiger charge is -2.17. The highest BCUT2D eigenvalue weighted by atomic mass is 16.4. The van der Waals surface area contributed by atoms with E-state index in [9.17, 15) is 15.0 Å². The summed E-state index contributed by atoms with van der Waals surface area (Å²) >= 11 is 0. The van der Waals surface area contributed by atoms with E-state index in [2.05, 4.69) is 15.0 Å². The number of aliphatic hydroxyl groups excluding tert-OH is 2. The zero-order valence-electron chi connectivity index (χ0n) is 11.0. The molecule has 8 nitrogen and oxygen atoms in total. The number of aromatic carboxylic acids is 1. The molecule has 0 saturated heterocycles. The first-order valence-electron chi connectivity index (χ1n) is 6.26. The number of benzene rings is 1. The van der Waals surface area contributed by atoms with Gasteiger partial charge in [0, 0.05) is 22.4 Å². The number of carbonyl (C=O) groups is 1. The van der Waals surface area contributed by atoms with E-state index in [0.717, 1.165) is 0 Å². The molecule has 0 bridgehead atoms. The van der Waals surface area contributed by atoms with Crippen molar-refractivity contribution in [3.05, 3.63) is 46.0 Å². The number of aromatic amines is 1. The van der Waals surface area contributed by atoms with E-state index in [1.54, 1.807) is 18.2 Å². The standard InChI is InChI=1S/C13H14N4O4/c14-17-15-4-3-11(18)12(19)8-2-1-7-5-10(13(20)21)16-9(7)6-8/h1-2,5-6,11-12,16,18-19H,3-4H2,(H,20,21). The number of nitrogens with zero attached hydrogens (tertiary/aromatic N) is 3. The van der Waals surface area contributed by atoms with Crippen molar-refractivity contribution in [2.24, 2.45) is 5.11 Å². The molecule has 2 unspecified atom stereocenters. The highest BCUT2D eigenvalue weighted by Gasteiger charge is 2.18. The largest absolute Gasteiger partial charge is 0.477 e. The molecule has 0 aliphatic heterocycles. The van der Waals surface area contributed by atoms with Gasteiger partial charge in [-0.2, -0.15) is 0 Å². The first-order valence-corrected chi connectivity index (χ1v) is 6.26. The zero-order valence-corrected chi connectivity index (χ0v) is 11.0. The Morgan fingerprint density at radius 3 is 2.81 bits per heavy atom. The molecule has 0 saturated carbocycles. The quantitative estimate of drug-likeness (QED) is 0.366. The van der Waals surface area contributed by atoms with Crippen LogP contribution in [0.25, 0.3) is 21.3 Å². The summed E-state index contributed by atoms with van der Waals surface area (Å²) in [6.45, 7) is 0.0859. The number of carboxylic acids is 1. The maximum Gasteiger partial charge on any atom is 0.352 e. The molecule has 0 aliphatic rings. The summed E-state index contributed by atoms with van der Waals surface area (Å²) in [4.78, 5) is 16.2. The maximum absolute atomic E-state index is 10.9. The van der Waals surface area contributed by atoms with Crippen LogP contribution < -0.4 is 0 Å². The fraction of sp³-hybridized carbons (Fsp3) is 0.308. The molecule has 0 radical (unpaired) electrons. The van der Waals surface area contributed by atoms with Crippen molar-refractivity contribution in [3.8, 4) is 0 Å². The Kier molecular flexibility index (Phi) is 4.44. The van der Waals surface area contributed by atoms with Crippen LogP contribution in [-0.4, -0.2) is 38.9 Å². The molecular formula is C13H14N4O4. The first kappa shape index (κ1) is 14.9. The molecule has 1 aromatic carbocycles. The van der Waals surface area contributed by atoms with Gasteiger partial charge in [0.15, 0.2) is 0 Å². The smallest absolute Gasteiger partial charge is 0.352 e. The van der Waals surface area contributed by atoms with Gasteiger partial charge in [-0.15, -0.1) is 0 Å². The van der Waals surface area contributed by atoms with Crippen molar-refractivity contribution in [1.82, 2.24) is 4.98 Å². The molecule has 21 heavy (non-hydrogen) atoms. The predicted octanol–water partition coefficient (Wildman–Crippen LogP) is 1.96. The van der Waals surface area contributed by atoms with E-state index in [0.29, 0.717) is 16.5 Å². The molecule has 1 heterocycles. The monoisotopic (exact) mass is 290 g/mol. The molecule has 0 fully saturated rings. The van der Waals surface area contributed by atoms with Gasteiger partial charge in [-0.05, 0) is 29.6 Å². The van der Waals surface area contributed by atoms with Crippen LogP contribution in [0.15, 0.2) is 29.4 Å².